The Hall–Kier alpha value is -2.16. The molecular formula is C16H16O3. The van der Waals surface area contributed by atoms with E-state index in [1.54, 1.807) is 12.1 Å². The first-order chi connectivity index (χ1) is 8.82. The summed E-state index contributed by atoms with van der Waals surface area (Å²) in [6.07, 6.45) is 0. The number of aliphatic carboxylic acids is 1. The van der Waals surface area contributed by atoms with Crippen LogP contribution in [0.5, 0.6) is 0 Å². The van der Waals surface area contributed by atoms with E-state index in [0.29, 0.717) is 5.56 Å². The van der Waals surface area contributed by atoms with Crippen molar-refractivity contribution in [3.63, 3.8) is 0 Å². The number of fused-ring (bicyclic) bond motifs is 1. The number of carboxylic acids is 1. The molecule has 0 aliphatic rings. The topological polar surface area (TPSA) is 54.4 Å². The van der Waals surface area contributed by atoms with Gasteiger partial charge in [0, 0.05) is 5.56 Å². The molecule has 3 nitrogen and oxygen atoms in total. The highest BCUT2D eigenvalue weighted by molar-refractivity contribution is 6.12. The second kappa shape index (κ2) is 4.50. The Kier molecular flexibility index (Phi) is 3.14. The first kappa shape index (κ1) is 13.3. The van der Waals surface area contributed by atoms with Crippen LogP contribution in [0.25, 0.3) is 10.8 Å². The van der Waals surface area contributed by atoms with Crippen LogP contribution in [0, 0.1) is 12.3 Å². The van der Waals surface area contributed by atoms with Crippen LogP contribution >= 0.6 is 0 Å². The lowest BCUT2D eigenvalue weighted by Crippen LogP contribution is -2.33. The Labute approximate surface area is 111 Å². The van der Waals surface area contributed by atoms with Gasteiger partial charge < -0.3 is 5.11 Å². The zero-order valence-electron chi connectivity index (χ0n) is 11.2. The third-order valence-electron chi connectivity index (χ3n) is 3.36. The maximum Gasteiger partial charge on any atom is 0.316 e. The summed E-state index contributed by atoms with van der Waals surface area (Å²) in [7, 11) is 0. The van der Waals surface area contributed by atoms with Crippen LogP contribution in [0.1, 0.15) is 29.8 Å². The summed E-state index contributed by atoms with van der Waals surface area (Å²) in [5.74, 6) is -1.48. The third-order valence-corrected chi connectivity index (χ3v) is 3.36. The van der Waals surface area contributed by atoms with Crippen LogP contribution in [0.3, 0.4) is 0 Å². The maximum absolute atomic E-state index is 12.2. The molecule has 0 spiro atoms. The molecule has 0 unspecified atom stereocenters. The Morgan fingerprint density at radius 3 is 2.21 bits per heavy atom. The van der Waals surface area contributed by atoms with Gasteiger partial charge in [-0.2, -0.15) is 0 Å². The minimum Gasteiger partial charge on any atom is -0.481 e. The molecule has 0 amide bonds. The molecule has 2 aromatic carbocycles. The summed E-state index contributed by atoms with van der Waals surface area (Å²) in [5.41, 5.74) is 0.180. The quantitative estimate of drug-likeness (QED) is 0.676. The van der Waals surface area contributed by atoms with Crippen molar-refractivity contribution in [3.8, 4) is 0 Å². The number of Topliss-reactive ketones (excluding diaryl/α,β-unsaturated/α-hetero) is 1. The fourth-order valence-electron chi connectivity index (χ4n) is 1.96. The summed E-state index contributed by atoms with van der Waals surface area (Å²) in [5, 5.41) is 11.1. The predicted octanol–water partition coefficient (Wildman–Crippen LogP) is 3.44. The Morgan fingerprint density at radius 1 is 1.00 bits per heavy atom. The molecular weight excluding hydrogens is 240 g/mol. The minimum atomic E-state index is -1.40. The lowest BCUT2D eigenvalue weighted by molar-refractivity contribution is -0.144. The van der Waals surface area contributed by atoms with E-state index in [0.717, 1.165) is 16.3 Å². The predicted molar refractivity (Wildman–Crippen MR) is 74.4 cm³/mol. The van der Waals surface area contributed by atoms with Gasteiger partial charge in [-0.15, -0.1) is 0 Å². The van der Waals surface area contributed by atoms with Crippen LogP contribution in [0.4, 0.5) is 0 Å². The van der Waals surface area contributed by atoms with E-state index in [2.05, 4.69) is 0 Å². The van der Waals surface area contributed by atoms with Crippen molar-refractivity contribution in [2.75, 3.05) is 0 Å². The zero-order chi connectivity index (χ0) is 14.2. The van der Waals surface area contributed by atoms with Crippen molar-refractivity contribution in [1.82, 2.24) is 0 Å². The van der Waals surface area contributed by atoms with Gasteiger partial charge in [-0.05, 0) is 37.6 Å². The fourth-order valence-corrected chi connectivity index (χ4v) is 1.96. The molecule has 98 valence electrons. The Balaban J connectivity index is 2.50. The molecule has 0 bridgehead atoms. The molecule has 2 aromatic rings. The molecule has 0 saturated carbocycles. The average Bonchev–Trinajstić information content (AvgIpc) is 2.37. The van der Waals surface area contributed by atoms with Gasteiger partial charge in [0.2, 0.25) is 0 Å². The van der Waals surface area contributed by atoms with Crippen molar-refractivity contribution in [2.24, 2.45) is 5.41 Å². The lowest BCUT2D eigenvalue weighted by atomic mass is 9.84. The molecule has 0 atom stereocenters. The lowest BCUT2D eigenvalue weighted by Gasteiger charge is -2.17. The molecule has 0 heterocycles. The molecule has 0 saturated heterocycles. The van der Waals surface area contributed by atoms with E-state index >= 15 is 0 Å². The summed E-state index contributed by atoms with van der Waals surface area (Å²) >= 11 is 0. The van der Waals surface area contributed by atoms with E-state index in [4.69, 9.17) is 5.11 Å². The zero-order valence-corrected chi connectivity index (χ0v) is 11.2. The summed E-state index contributed by atoms with van der Waals surface area (Å²) in [6, 6.07) is 11.2. The van der Waals surface area contributed by atoms with Gasteiger partial charge in [-0.3, -0.25) is 9.59 Å². The first-order valence-electron chi connectivity index (χ1n) is 6.11. The molecule has 0 radical (unpaired) electrons. The van der Waals surface area contributed by atoms with Crippen LogP contribution in [0.2, 0.25) is 0 Å². The highest BCUT2D eigenvalue weighted by Gasteiger charge is 2.36. The number of hydrogen-bond acceptors (Lipinski definition) is 2. The highest BCUT2D eigenvalue weighted by atomic mass is 16.4. The molecule has 19 heavy (non-hydrogen) atoms. The number of carbonyl (C=O) groups excluding carboxylic acids is 1. The molecule has 0 fully saturated rings. The molecule has 0 aliphatic heterocycles. The second-order valence-electron chi connectivity index (χ2n) is 5.32. The molecule has 0 aromatic heterocycles. The van der Waals surface area contributed by atoms with Crippen molar-refractivity contribution in [1.29, 1.82) is 0 Å². The fraction of sp³-hybridized carbons (Fsp3) is 0.250. The van der Waals surface area contributed by atoms with E-state index < -0.39 is 11.4 Å². The SMILES string of the molecule is Cc1ccc2cc(C(=O)C(C)(C)C(=O)O)ccc2c1. The van der Waals surface area contributed by atoms with Crippen LogP contribution < -0.4 is 0 Å². The van der Waals surface area contributed by atoms with E-state index in [1.807, 2.05) is 31.2 Å². The largest absolute Gasteiger partial charge is 0.481 e. The number of aryl methyl sites for hydroxylation is 1. The van der Waals surface area contributed by atoms with Crippen molar-refractivity contribution in [2.45, 2.75) is 20.8 Å². The van der Waals surface area contributed by atoms with Gasteiger partial charge in [-0.1, -0.05) is 35.9 Å². The van der Waals surface area contributed by atoms with Crippen molar-refractivity contribution in [3.05, 3.63) is 47.5 Å². The third kappa shape index (κ3) is 2.36. The minimum absolute atomic E-state index is 0.373. The molecule has 2 rings (SSSR count). The molecule has 1 N–H and O–H groups in total. The van der Waals surface area contributed by atoms with Gasteiger partial charge in [0.1, 0.15) is 5.41 Å². The number of hydrogen-bond donors (Lipinski definition) is 1. The van der Waals surface area contributed by atoms with Gasteiger partial charge in [0.15, 0.2) is 5.78 Å². The number of carbonyl (C=O) groups is 2. The highest BCUT2D eigenvalue weighted by Crippen LogP contribution is 2.25. The summed E-state index contributed by atoms with van der Waals surface area (Å²) in [6.45, 7) is 4.86. The Bertz CT molecular complexity index is 669. The summed E-state index contributed by atoms with van der Waals surface area (Å²) in [4.78, 5) is 23.4. The van der Waals surface area contributed by atoms with Crippen LogP contribution in [-0.2, 0) is 4.79 Å². The van der Waals surface area contributed by atoms with Gasteiger partial charge >= 0.3 is 5.97 Å². The number of rotatable bonds is 3. The Morgan fingerprint density at radius 2 is 1.58 bits per heavy atom. The van der Waals surface area contributed by atoms with Crippen LogP contribution in [0.15, 0.2) is 36.4 Å². The number of benzene rings is 2. The number of ketones is 1. The van der Waals surface area contributed by atoms with Gasteiger partial charge in [-0.25, -0.2) is 0 Å². The first-order valence-corrected chi connectivity index (χ1v) is 6.11. The van der Waals surface area contributed by atoms with E-state index in [9.17, 15) is 9.59 Å². The second-order valence-corrected chi connectivity index (χ2v) is 5.32. The van der Waals surface area contributed by atoms with Gasteiger partial charge in [0.05, 0.1) is 0 Å². The van der Waals surface area contributed by atoms with Crippen LogP contribution in [-0.4, -0.2) is 16.9 Å². The van der Waals surface area contributed by atoms with Gasteiger partial charge in [0.25, 0.3) is 0 Å². The standard InChI is InChI=1S/C16H16O3/c1-10-4-5-12-9-13(7-6-11(12)8-10)14(17)16(2,3)15(18)19/h4-9H,1-3H3,(H,18,19). The number of carboxylic acid groups (broad SMARTS) is 1. The smallest absolute Gasteiger partial charge is 0.316 e. The molecule has 3 heteroatoms. The molecule has 0 aliphatic carbocycles. The normalized spacial score (nSPS) is 11.5. The summed E-state index contributed by atoms with van der Waals surface area (Å²) < 4.78 is 0. The van der Waals surface area contributed by atoms with E-state index in [-0.39, 0.29) is 5.78 Å². The van der Waals surface area contributed by atoms with E-state index in [1.165, 1.54) is 13.8 Å². The van der Waals surface area contributed by atoms with Crippen molar-refractivity contribution >= 4 is 22.5 Å². The maximum atomic E-state index is 12.2. The van der Waals surface area contributed by atoms with Crippen molar-refractivity contribution < 1.29 is 14.7 Å². The average molecular weight is 256 g/mol. The monoisotopic (exact) mass is 256 g/mol.